The van der Waals surface area contributed by atoms with Crippen LogP contribution in [0, 0.1) is 5.41 Å². The van der Waals surface area contributed by atoms with Crippen LogP contribution in [0.25, 0.3) is 0 Å². The molecule has 0 N–H and O–H groups in total. The average Bonchev–Trinajstić information content (AvgIpc) is 2.74. The minimum Gasteiger partial charge on any atom is -0.303 e. The summed E-state index contributed by atoms with van der Waals surface area (Å²) >= 11 is 0. The number of piperidine rings is 1. The van der Waals surface area contributed by atoms with Crippen LogP contribution in [-0.4, -0.2) is 54.3 Å². The second-order valence-corrected chi connectivity index (χ2v) is 7.82. The van der Waals surface area contributed by atoms with Crippen molar-refractivity contribution in [2.75, 3.05) is 26.2 Å². The van der Waals surface area contributed by atoms with E-state index in [4.69, 9.17) is 0 Å². The van der Waals surface area contributed by atoms with Crippen molar-refractivity contribution in [1.29, 1.82) is 0 Å². The van der Waals surface area contributed by atoms with Crippen molar-refractivity contribution >= 4 is 6.29 Å². The number of rotatable bonds is 3. The molecule has 0 bridgehead atoms. The molecule has 0 amide bonds. The summed E-state index contributed by atoms with van der Waals surface area (Å²) in [4.78, 5) is 17.2. The molecule has 21 heavy (non-hydrogen) atoms. The number of hydrogen-bond donors (Lipinski definition) is 0. The van der Waals surface area contributed by atoms with E-state index in [1.807, 2.05) is 0 Å². The topological polar surface area (TPSA) is 23.6 Å². The van der Waals surface area contributed by atoms with Gasteiger partial charge in [0.25, 0.3) is 0 Å². The number of carbonyl (C=O) groups is 1. The fourth-order valence-corrected chi connectivity index (χ4v) is 4.78. The van der Waals surface area contributed by atoms with E-state index in [2.05, 4.69) is 16.7 Å². The Labute approximate surface area is 130 Å². The molecule has 0 spiro atoms. The van der Waals surface area contributed by atoms with Gasteiger partial charge < -0.3 is 4.79 Å². The molecule has 2 atom stereocenters. The van der Waals surface area contributed by atoms with Gasteiger partial charge >= 0.3 is 0 Å². The van der Waals surface area contributed by atoms with Gasteiger partial charge in [-0.2, -0.15) is 0 Å². The van der Waals surface area contributed by atoms with Gasteiger partial charge in [0.2, 0.25) is 0 Å². The molecule has 0 radical (unpaired) electrons. The Morgan fingerprint density at radius 2 is 1.81 bits per heavy atom. The predicted molar refractivity (Wildman–Crippen MR) is 86.4 cm³/mol. The van der Waals surface area contributed by atoms with E-state index in [-0.39, 0.29) is 5.41 Å². The van der Waals surface area contributed by atoms with Crippen LogP contribution < -0.4 is 0 Å². The van der Waals surface area contributed by atoms with Gasteiger partial charge in [-0.05, 0) is 39.2 Å². The Morgan fingerprint density at radius 1 is 1.05 bits per heavy atom. The van der Waals surface area contributed by atoms with Gasteiger partial charge in [-0.1, -0.05) is 32.1 Å². The fraction of sp³-hybridized carbons (Fsp3) is 0.944. The fourth-order valence-electron chi connectivity index (χ4n) is 4.78. The van der Waals surface area contributed by atoms with Crippen molar-refractivity contribution in [3.63, 3.8) is 0 Å². The molecule has 3 nitrogen and oxygen atoms in total. The second kappa shape index (κ2) is 6.78. The number of carbonyl (C=O) groups excluding carboxylic acids is 1. The van der Waals surface area contributed by atoms with E-state index in [1.165, 1.54) is 70.9 Å². The molecular formula is C18H32N2O. The van der Waals surface area contributed by atoms with Gasteiger partial charge in [0.05, 0.1) is 0 Å². The highest BCUT2D eigenvalue weighted by Crippen LogP contribution is 2.36. The first-order valence-corrected chi connectivity index (χ1v) is 9.17. The Morgan fingerprint density at radius 3 is 2.52 bits per heavy atom. The van der Waals surface area contributed by atoms with Crippen LogP contribution in [0.3, 0.4) is 0 Å². The molecule has 1 saturated carbocycles. The standard InChI is InChI=1S/C18H32N2O/c1-16-12-19-11-7-4-8-17(19)13-20(16)14-18(15-21)9-5-2-3-6-10-18/h15-17H,2-14H2,1H3. The van der Waals surface area contributed by atoms with Crippen molar-refractivity contribution < 1.29 is 4.79 Å². The maximum absolute atomic E-state index is 11.9. The number of fused-ring (bicyclic) bond motifs is 1. The number of piperazine rings is 1. The molecule has 1 aliphatic carbocycles. The van der Waals surface area contributed by atoms with Crippen LogP contribution >= 0.6 is 0 Å². The molecule has 120 valence electrons. The zero-order chi connectivity index (χ0) is 14.7. The van der Waals surface area contributed by atoms with Crippen molar-refractivity contribution in [3.8, 4) is 0 Å². The molecule has 3 aliphatic rings. The Balaban J connectivity index is 1.66. The van der Waals surface area contributed by atoms with Gasteiger partial charge in [0, 0.05) is 37.1 Å². The van der Waals surface area contributed by atoms with Gasteiger partial charge in [-0.25, -0.2) is 0 Å². The molecule has 0 aromatic rings. The SMILES string of the molecule is CC1CN2CCCCC2CN1CC1(C=O)CCCCCC1. The highest BCUT2D eigenvalue weighted by Gasteiger charge is 2.38. The summed E-state index contributed by atoms with van der Waals surface area (Å²) in [5, 5.41) is 0. The Kier molecular flexibility index (Phi) is 5.00. The average molecular weight is 292 g/mol. The van der Waals surface area contributed by atoms with E-state index in [9.17, 15) is 4.79 Å². The number of hydrogen-bond acceptors (Lipinski definition) is 3. The smallest absolute Gasteiger partial charge is 0.127 e. The lowest BCUT2D eigenvalue weighted by Crippen LogP contribution is -2.60. The van der Waals surface area contributed by atoms with E-state index in [0.29, 0.717) is 6.04 Å². The summed E-state index contributed by atoms with van der Waals surface area (Å²) in [6.45, 7) is 7.07. The Hall–Kier alpha value is -0.410. The lowest BCUT2D eigenvalue weighted by atomic mass is 9.80. The zero-order valence-electron chi connectivity index (χ0n) is 13.7. The number of nitrogens with zero attached hydrogens (tertiary/aromatic N) is 2. The molecule has 3 fully saturated rings. The second-order valence-electron chi connectivity index (χ2n) is 7.82. The molecule has 0 aromatic heterocycles. The molecule has 2 saturated heterocycles. The van der Waals surface area contributed by atoms with Crippen LogP contribution in [0.2, 0.25) is 0 Å². The number of aldehydes is 1. The normalized spacial score (nSPS) is 34.9. The van der Waals surface area contributed by atoms with Crippen LogP contribution in [0.5, 0.6) is 0 Å². The molecule has 2 heterocycles. The summed E-state index contributed by atoms with van der Waals surface area (Å²) in [6.07, 6.45) is 12.8. The van der Waals surface area contributed by atoms with Crippen LogP contribution in [0.1, 0.15) is 64.7 Å². The Bertz CT molecular complexity index is 349. The molecular weight excluding hydrogens is 260 g/mol. The third-order valence-corrected chi connectivity index (χ3v) is 6.18. The van der Waals surface area contributed by atoms with E-state index < -0.39 is 0 Å². The monoisotopic (exact) mass is 292 g/mol. The minimum atomic E-state index is -0.0401. The lowest BCUT2D eigenvalue weighted by molar-refractivity contribution is -0.119. The predicted octanol–water partition coefficient (Wildman–Crippen LogP) is 3.08. The first-order valence-electron chi connectivity index (χ1n) is 9.17. The van der Waals surface area contributed by atoms with Crippen molar-refractivity contribution in [1.82, 2.24) is 9.80 Å². The van der Waals surface area contributed by atoms with Crippen LogP contribution in [0.4, 0.5) is 0 Å². The van der Waals surface area contributed by atoms with Crippen LogP contribution in [0.15, 0.2) is 0 Å². The third kappa shape index (κ3) is 3.50. The molecule has 0 aromatic carbocycles. The van der Waals surface area contributed by atoms with Gasteiger partial charge in [-0.3, -0.25) is 9.80 Å². The van der Waals surface area contributed by atoms with Gasteiger partial charge in [-0.15, -0.1) is 0 Å². The maximum atomic E-state index is 11.9. The van der Waals surface area contributed by atoms with Crippen LogP contribution in [-0.2, 0) is 4.79 Å². The van der Waals surface area contributed by atoms with E-state index in [0.717, 1.165) is 25.4 Å². The molecule has 3 heteroatoms. The first kappa shape index (κ1) is 15.5. The summed E-state index contributed by atoms with van der Waals surface area (Å²) in [5.74, 6) is 0. The third-order valence-electron chi connectivity index (χ3n) is 6.18. The maximum Gasteiger partial charge on any atom is 0.127 e. The minimum absolute atomic E-state index is 0.0401. The van der Waals surface area contributed by atoms with Gasteiger partial charge in [0.1, 0.15) is 6.29 Å². The summed E-state index contributed by atoms with van der Waals surface area (Å²) in [5.41, 5.74) is -0.0401. The largest absolute Gasteiger partial charge is 0.303 e. The highest BCUT2D eigenvalue weighted by molar-refractivity contribution is 5.59. The lowest BCUT2D eigenvalue weighted by Gasteiger charge is -2.49. The van der Waals surface area contributed by atoms with Crippen molar-refractivity contribution in [2.45, 2.75) is 76.8 Å². The first-order chi connectivity index (χ1) is 10.2. The highest BCUT2D eigenvalue weighted by atomic mass is 16.1. The molecule has 3 rings (SSSR count). The van der Waals surface area contributed by atoms with Crippen molar-refractivity contribution in [2.24, 2.45) is 5.41 Å². The summed E-state index contributed by atoms with van der Waals surface area (Å²) < 4.78 is 0. The molecule has 2 unspecified atom stereocenters. The van der Waals surface area contributed by atoms with E-state index >= 15 is 0 Å². The van der Waals surface area contributed by atoms with E-state index in [1.54, 1.807) is 0 Å². The molecule has 2 aliphatic heterocycles. The summed E-state index contributed by atoms with van der Waals surface area (Å²) in [6, 6.07) is 1.36. The zero-order valence-corrected chi connectivity index (χ0v) is 13.7. The summed E-state index contributed by atoms with van der Waals surface area (Å²) in [7, 11) is 0. The quantitative estimate of drug-likeness (QED) is 0.590. The van der Waals surface area contributed by atoms with Crippen molar-refractivity contribution in [3.05, 3.63) is 0 Å². The van der Waals surface area contributed by atoms with Gasteiger partial charge in [0.15, 0.2) is 0 Å².